The number of nitrogens with one attached hydrogen (secondary N) is 1. The Kier molecular flexibility index (Phi) is 6.86. The number of nitrogens with zero attached hydrogens (tertiary/aromatic N) is 2. The summed E-state index contributed by atoms with van der Waals surface area (Å²) in [5, 5.41) is 12.3. The Hall–Kier alpha value is -1.21. The number of rotatable bonds is 5. The van der Waals surface area contributed by atoms with Crippen molar-refractivity contribution in [2.24, 2.45) is 5.92 Å². The first-order chi connectivity index (χ1) is 12.5. The maximum absolute atomic E-state index is 13.8. The van der Waals surface area contributed by atoms with Gasteiger partial charge in [0.1, 0.15) is 5.82 Å². The standard InChI is InChI=1S/C19H27ClFN3O2/c20-15-3-4-18(17(21)10-15)22-19(26)12-23-8-5-16(6-9-23)24-7-1-2-14(11-24)13-25/h3-4,10,14,16,25H,1-2,5-9,11-13H2,(H,22,26). The molecule has 5 nitrogen and oxygen atoms in total. The Labute approximate surface area is 159 Å². The number of amides is 1. The van der Waals surface area contributed by atoms with Crippen LogP contribution in [0.3, 0.4) is 0 Å². The number of aliphatic hydroxyl groups excluding tert-OH is 1. The normalized spacial score (nSPS) is 23.1. The van der Waals surface area contributed by atoms with Gasteiger partial charge >= 0.3 is 0 Å². The molecule has 0 aromatic heterocycles. The van der Waals surface area contributed by atoms with Gasteiger partial charge in [0.25, 0.3) is 0 Å². The third-order valence-corrected chi connectivity index (χ3v) is 5.69. The Morgan fingerprint density at radius 3 is 2.73 bits per heavy atom. The minimum Gasteiger partial charge on any atom is -0.396 e. The van der Waals surface area contributed by atoms with Crippen molar-refractivity contribution in [3.05, 3.63) is 29.0 Å². The third-order valence-electron chi connectivity index (χ3n) is 5.45. The summed E-state index contributed by atoms with van der Waals surface area (Å²) in [6.07, 6.45) is 4.33. The van der Waals surface area contributed by atoms with E-state index < -0.39 is 5.82 Å². The molecule has 2 N–H and O–H groups in total. The molecule has 1 unspecified atom stereocenters. The lowest BCUT2D eigenvalue weighted by atomic mass is 9.94. The molecule has 1 amide bonds. The minimum atomic E-state index is -0.520. The second-order valence-corrected chi connectivity index (χ2v) is 7.80. The molecule has 7 heteroatoms. The molecular formula is C19H27ClFN3O2. The SMILES string of the molecule is O=C(CN1CCC(N2CCCC(CO)C2)CC1)Nc1ccc(Cl)cc1F. The summed E-state index contributed by atoms with van der Waals surface area (Å²) in [5.74, 6) is -0.321. The van der Waals surface area contributed by atoms with Crippen molar-refractivity contribution >= 4 is 23.2 Å². The van der Waals surface area contributed by atoms with Crippen molar-refractivity contribution < 1.29 is 14.3 Å². The molecule has 1 aromatic carbocycles. The molecule has 0 bridgehead atoms. The first-order valence-corrected chi connectivity index (χ1v) is 9.75. The van der Waals surface area contributed by atoms with Crippen LogP contribution in [0.25, 0.3) is 0 Å². The smallest absolute Gasteiger partial charge is 0.238 e. The molecular weight excluding hydrogens is 357 g/mol. The van der Waals surface area contributed by atoms with Crippen molar-refractivity contribution in [3.8, 4) is 0 Å². The van der Waals surface area contributed by atoms with Gasteiger partial charge in [0, 0.05) is 37.3 Å². The molecule has 0 radical (unpaired) electrons. The van der Waals surface area contributed by atoms with Gasteiger partial charge in [-0.2, -0.15) is 0 Å². The molecule has 144 valence electrons. The number of hydrogen-bond acceptors (Lipinski definition) is 4. The lowest BCUT2D eigenvalue weighted by molar-refractivity contribution is -0.117. The predicted molar refractivity (Wildman–Crippen MR) is 101 cm³/mol. The second kappa shape index (κ2) is 9.13. The summed E-state index contributed by atoms with van der Waals surface area (Å²) in [5.41, 5.74) is 0.164. The van der Waals surface area contributed by atoms with Crippen LogP contribution in [0.4, 0.5) is 10.1 Å². The molecule has 2 saturated heterocycles. The van der Waals surface area contributed by atoms with Gasteiger partial charge in [0.15, 0.2) is 0 Å². The number of benzene rings is 1. The van der Waals surface area contributed by atoms with Crippen LogP contribution in [-0.4, -0.2) is 66.2 Å². The van der Waals surface area contributed by atoms with Crippen LogP contribution in [0.1, 0.15) is 25.7 Å². The summed E-state index contributed by atoms with van der Waals surface area (Å²) >= 11 is 5.73. The number of aliphatic hydroxyl groups is 1. The van der Waals surface area contributed by atoms with Gasteiger partial charge in [-0.15, -0.1) is 0 Å². The lowest BCUT2D eigenvalue weighted by Gasteiger charge is -2.42. The number of carbonyl (C=O) groups is 1. The average Bonchev–Trinajstić information content (AvgIpc) is 2.65. The summed E-state index contributed by atoms with van der Waals surface area (Å²) in [4.78, 5) is 16.8. The number of likely N-dealkylation sites (tertiary alicyclic amines) is 2. The Balaban J connectivity index is 1.44. The highest BCUT2D eigenvalue weighted by molar-refractivity contribution is 6.30. The average molecular weight is 384 g/mol. The summed E-state index contributed by atoms with van der Waals surface area (Å²) in [6.45, 7) is 4.36. The summed E-state index contributed by atoms with van der Waals surface area (Å²) in [7, 11) is 0. The molecule has 2 aliphatic rings. The monoisotopic (exact) mass is 383 g/mol. The van der Waals surface area contributed by atoms with E-state index in [9.17, 15) is 14.3 Å². The molecule has 2 aliphatic heterocycles. The summed E-state index contributed by atoms with van der Waals surface area (Å²) < 4.78 is 13.8. The Morgan fingerprint density at radius 1 is 1.27 bits per heavy atom. The maximum Gasteiger partial charge on any atom is 0.238 e. The van der Waals surface area contributed by atoms with Gasteiger partial charge in [-0.1, -0.05) is 11.6 Å². The third kappa shape index (κ3) is 5.16. The Bertz CT molecular complexity index is 623. The molecule has 26 heavy (non-hydrogen) atoms. The van der Waals surface area contributed by atoms with Gasteiger partial charge in [-0.3, -0.25) is 14.6 Å². The second-order valence-electron chi connectivity index (χ2n) is 7.37. The quantitative estimate of drug-likeness (QED) is 0.820. The highest BCUT2D eigenvalue weighted by atomic mass is 35.5. The van der Waals surface area contributed by atoms with E-state index in [2.05, 4.69) is 15.1 Å². The van der Waals surface area contributed by atoms with Crippen molar-refractivity contribution in [1.82, 2.24) is 9.80 Å². The number of piperidine rings is 2. The molecule has 0 saturated carbocycles. The van der Waals surface area contributed by atoms with Crippen molar-refractivity contribution in [3.63, 3.8) is 0 Å². The minimum absolute atomic E-state index is 0.164. The van der Waals surface area contributed by atoms with Gasteiger partial charge in [-0.05, 0) is 56.3 Å². The highest BCUT2D eigenvalue weighted by Gasteiger charge is 2.29. The molecule has 3 rings (SSSR count). The van der Waals surface area contributed by atoms with E-state index in [1.807, 2.05) is 0 Å². The number of halogens is 2. The van der Waals surface area contributed by atoms with E-state index in [4.69, 9.17) is 11.6 Å². The number of carbonyl (C=O) groups excluding carboxylic acids is 1. The Morgan fingerprint density at radius 2 is 2.04 bits per heavy atom. The predicted octanol–water partition coefficient (Wildman–Crippen LogP) is 2.59. The molecule has 0 spiro atoms. The van der Waals surface area contributed by atoms with Gasteiger partial charge in [0.05, 0.1) is 12.2 Å². The zero-order valence-electron chi connectivity index (χ0n) is 15.0. The van der Waals surface area contributed by atoms with Crippen molar-refractivity contribution in [1.29, 1.82) is 0 Å². The molecule has 1 aromatic rings. The fourth-order valence-electron chi connectivity index (χ4n) is 4.00. The first-order valence-electron chi connectivity index (χ1n) is 9.37. The largest absolute Gasteiger partial charge is 0.396 e. The summed E-state index contributed by atoms with van der Waals surface area (Å²) in [6, 6.07) is 4.78. The van der Waals surface area contributed by atoms with E-state index in [1.165, 1.54) is 12.1 Å². The van der Waals surface area contributed by atoms with Crippen LogP contribution in [-0.2, 0) is 4.79 Å². The fourth-order valence-corrected chi connectivity index (χ4v) is 4.16. The van der Waals surface area contributed by atoms with Crippen LogP contribution >= 0.6 is 11.6 Å². The van der Waals surface area contributed by atoms with E-state index in [0.29, 0.717) is 17.0 Å². The topological polar surface area (TPSA) is 55.8 Å². The van der Waals surface area contributed by atoms with Crippen LogP contribution in [0.2, 0.25) is 5.02 Å². The molecule has 2 fully saturated rings. The number of anilines is 1. The fraction of sp³-hybridized carbons (Fsp3) is 0.632. The van der Waals surface area contributed by atoms with E-state index >= 15 is 0 Å². The van der Waals surface area contributed by atoms with Crippen molar-refractivity contribution in [2.75, 3.05) is 44.6 Å². The van der Waals surface area contributed by atoms with Gasteiger partial charge < -0.3 is 10.4 Å². The first kappa shape index (κ1) is 19.5. The molecule has 2 heterocycles. The van der Waals surface area contributed by atoms with E-state index in [-0.39, 0.29) is 24.7 Å². The van der Waals surface area contributed by atoms with Crippen LogP contribution < -0.4 is 5.32 Å². The zero-order chi connectivity index (χ0) is 18.5. The van der Waals surface area contributed by atoms with Crippen LogP contribution in [0.15, 0.2) is 18.2 Å². The molecule has 1 atom stereocenters. The lowest BCUT2D eigenvalue weighted by Crippen LogP contribution is -2.49. The van der Waals surface area contributed by atoms with E-state index in [0.717, 1.165) is 51.9 Å². The number of hydrogen-bond donors (Lipinski definition) is 2. The van der Waals surface area contributed by atoms with Gasteiger partial charge in [0.2, 0.25) is 5.91 Å². The highest BCUT2D eigenvalue weighted by Crippen LogP contribution is 2.24. The van der Waals surface area contributed by atoms with Crippen molar-refractivity contribution in [2.45, 2.75) is 31.7 Å². The zero-order valence-corrected chi connectivity index (χ0v) is 15.7. The van der Waals surface area contributed by atoms with E-state index in [1.54, 1.807) is 6.07 Å². The van der Waals surface area contributed by atoms with Gasteiger partial charge in [-0.25, -0.2) is 4.39 Å². The van der Waals surface area contributed by atoms with Crippen LogP contribution in [0, 0.1) is 11.7 Å². The maximum atomic E-state index is 13.8. The molecule has 0 aliphatic carbocycles. The van der Waals surface area contributed by atoms with Crippen LogP contribution in [0.5, 0.6) is 0 Å².